The van der Waals surface area contributed by atoms with E-state index < -0.39 is 11.8 Å². The number of carbonyl (C=O) groups is 3. The molecule has 2 aromatic rings. The van der Waals surface area contributed by atoms with Crippen LogP contribution < -0.4 is 16.0 Å². The van der Waals surface area contributed by atoms with Gasteiger partial charge in [-0.1, -0.05) is 62.4 Å². The van der Waals surface area contributed by atoms with Crippen molar-refractivity contribution in [3.8, 4) is 0 Å². The minimum atomic E-state index is -0.561. The van der Waals surface area contributed by atoms with Gasteiger partial charge in [0.15, 0.2) is 0 Å². The molecule has 2 rings (SSSR count). The monoisotopic (exact) mass is 422 g/mol. The van der Waals surface area contributed by atoms with Crippen LogP contribution in [0.2, 0.25) is 0 Å². The Morgan fingerprint density at radius 2 is 1.65 bits per heavy atom. The molecule has 0 spiro atoms. The van der Waals surface area contributed by atoms with E-state index >= 15 is 0 Å². The van der Waals surface area contributed by atoms with Gasteiger partial charge in [-0.05, 0) is 18.4 Å². The summed E-state index contributed by atoms with van der Waals surface area (Å²) in [6.45, 7) is 3.70. The van der Waals surface area contributed by atoms with E-state index in [1.807, 2.05) is 50.2 Å². The molecule has 3 amide bonds. The molecule has 0 saturated heterocycles. The minimum Gasteiger partial charge on any atom is -0.370 e. The highest BCUT2D eigenvalue weighted by Gasteiger charge is 2.24. The summed E-state index contributed by atoms with van der Waals surface area (Å²) in [5.74, 6) is -1.58. The molecule has 4 N–H and O–H groups in total. The van der Waals surface area contributed by atoms with Gasteiger partial charge in [-0.3, -0.25) is 19.8 Å². The molecule has 1 unspecified atom stereocenters. The fourth-order valence-electron chi connectivity index (χ4n) is 3.39. The van der Waals surface area contributed by atoms with Crippen molar-refractivity contribution in [2.45, 2.75) is 26.7 Å². The predicted molar refractivity (Wildman–Crippen MR) is 122 cm³/mol. The molecular formula is C24H30N4O3. The smallest absolute Gasteiger partial charge is 0.246 e. The molecule has 31 heavy (non-hydrogen) atoms. The Balaban J connectivity index is 2.11. The van der Waals surface area contributed by atoms with Crippen molar-refractivity contribution in [3.05, 3.63) is 65.7 Å². The number of hydrogen-bond acceptors (Lipinski definition) is 4. The number of anilines is 1. The van der Waals surface area contributed by atoms with Gasteiger partial charge in [0.25, 0.3) is 0 Å². The number of likely N-dealkylation sites (N-methyl/N-ethyl adjacent to an activating group) is 1. The topological polar surface area (TPSA) is 116 Å². The summed E-state index contributed by atoms with van der Waals surface area (Å²) in [7, 11) is 1.61. The van der Waals surface area contributed by atoms with Crippen molar-refractivity contribution in [2.24, 2.45) is 17.6 Å². The van der Waals surface area contributed by atoms with Gasteiger partial charge in [0, 0.05) is 30.5 Å². The zero-order valence-electron chi connectivity index (χ0n) is 18.2. The molecule has 0 fully saturated rings. The summed E-state index contributed by atoms with van der Waals surface area (Å²) in [4.78, 5) is 38.0. The molecule has 0 aliphatic carbocycles. The van der Waals surface area contributed by atoms with E-state index in [0.717, 1.165) is 5.56 Å². The summed E-state index contributed by atoms with van der Waals surface area (Å²) < 4.78 is 0. The average molecular weight is 423 g/mol. The lowest BCUT2D eigenvalue weighted by molar-refractivity contribution is -0.131. The lowest BCUT2D eigenvalue weighted by Gasteiger charge is -2.22. The highest BCUT2D eigenvalue weighted by Crippen LogP contribution is 2.22. The maximum atomic E-state index is 12.8. The van der Waals surface area contributed by atoms with Gasteiger partial charge in [0.2, 0.25) is 17.7 Å². The Morgan fingerprint density at radius 3 is 2.26 bits per heavy atom. The lowest BCUT2D eigenvalue weighted by atomic mass is 9.93. The number of amides is 3. The molecule has 0 aliphatic rings. The minimum absolute atomic E-state index is 0.0505. The molecule has 0 saturated carbocycles. The highest BCUT2D eigenvalue weighted by atomic mass is 16.2. The summed E-state index contributed by atoms with van der Waals surface area (Å²) >= 11 is 0. The highest BCUT2D eigenvalue weighted by molar-refractivity contribution is 6.15. The summed E-state index contributed by atoms with van der Waals surface area (Å²) in [6, 6.07) is 16.4. The van der Waals surface area contributed by atoms with Gasteiger partial charge < -0.3 is 16.0 Å². The van der Waals surface area contributed by atoms with Gasteiger partial charge in [-0.2, -0.15) is 0 Å². The molecule has 2 aromatic carbocycles. The van der Waals surface area contributed by atoms with Crippen LogP contribution in [0.1, 0.15) is 37.8 Å². The average Bonchev–Trinajstić information content (AvgIpc) is 2.75. The zero-order valence-corrected chi connectivity index (χ0v) is 18.2. The number of para-hydroxylation sites is 1. The molecule has 0 heterocycles. The Labute approximate surface area is 183 Å². The van der Waals surface area contributed by atoms with Crippen LogP contribution >= 0.6 is 0 Å². The van der Waals surface area contributed by atoms with Crippen molar-refractivity contribution >= 4 is 29.1 Å². The summed E-state index contributed by atoms with van der Waals surface area (Å²) in [5, 5.41) is 11.2. The van der Waals surface area contributed by atoms with E-state index in [1.54, 1.807) is 25.2 Å². The molecule has 0 radical (unpaired) electrons. The van der Waals surface area contributed by atoms with Crippen LogP contribution in [0.3, 0.4) is 0 Å². The third-order valence-corrected chi connectivity index (χ3v) is 4.96. The zero-order chi connectivity index (χ0) is 23.0. The third-order valence-electron chi connectivity index (χ3n) is 4.96. The molecule has 7 heteroatoms. The number of nitrogens with two attached hydrogens (primary N) is 1. The van der Waals surface area contributed by atoms with Crippen molar-refractivity contribution < 1.29 is 14.4 Å². The van der Waals surface area contributed by atoms with Gasteiger partial charge in [-0.25, -0.2) is 0 Å². The molecular weight excluding hydrogens is 392 g/mol. The number of benzene rings is 2. The largest absolute Gasteiger partial charge is 0.370 e. The van der Waals surface area contributed by atoms with Crippen molar-refractivity contribution in [3.63, 3.8) is 0 Å². The van der Waals surface area contributed by atoms with Crippen LogP contribution in [0.15, 0.2) is 54.6 Å². The second kappa shape index (κ2) is 11.1. The fraction of sp³-hybridized carbons (Fsp3) is 0.333. The predicted octanol–water partition coefficient (Wildman–Crippen LogP) is 2.72. The van der Waals surface area contributed by atoms with Crippen LogP contribution in [0.5, 0.6) is 0 Å². The van der Waals surface area contributed by atoms with E-state index in [2.05, 4.69) is 5.32 Å². The first-order chi connectivity index (χ1) is 14.7. The molecule has 0 aromatic heterocycles. The SMILES string of the molecule is CC(C)CC(CC(N)=O)C(=O)NCC(=O)N(C)c1ccccc1C(=N)c1ccccc1. The van der Waals surface area contributed by atoms with Crippen molar-refractivity contribution in [1.29, 1.82) is 5.41 Å². The van der Waals surface area contributed by atoms with E-state index in [-0.39, 0.29) is 30.7 Å². The second-order valence-corrected chi connectivity index (χ2v) is 7.93. The Hall–Kier alpha value is -3.48. The standard InChI is InChI=1S/C24H30N4O3/c1-16(2)13-18(14-21(25)29)24(31)27-15-22(30)28(3)20-12-8-7-11-19(20)23(26)17-9-5-4-6-10-17/h4-12,16,18,26H,13-15H2,1-3H3,(H2,25,29)(H,27,31). The number of nitrogens with zero attached hydrogens (tertiary/aromatic N) is 1. The Morgan fingerprint density at radius 1 is 1.03 bits per heavy atom. The lowest BCUT2D eigenvalue weighted by Crippen LogP contribution is -2.42. The third kappa shape index (κ3) is 6.77. The van der Waals surface area contributed by atoms with Gasteiger partial charge >= 0.3 is 0 Å². The first-order valence-corrected chi connectivity index (χ1v) is 10.3. The fourth-order valence-corrected chi connectivity index (χ4v) is 3.39. The van der Waals surface area contributed by atoms with Gasteiger partial charge in [0.05, 0.1) is 17.9 Å². The number of carbonyl (C=O) groups excluding carboxylic acids is 3. The van der Waals surface area contributed by atoms with Crippen LogP contribution in [0, 0.1) is 17.2 Å². The van der Waals surface area contributed by atoms with Crippen LogP contribution in [-0.2, 0) is 14.4 Å². The van der Waals surface area contributed by atoms with Crippen LogP contribution in [0.4, 0.5) is 5.69 Å². The Kier molecular flexibility index (Phi) is 8.49. The van der Waals surface area contributed by atoms with Crippen molar-refractivity contribution in [1.82, 2.24) is 5.32 Å². The van der Waals surface area contributed by atoms with Gasteiger partial charge in [-0.15, -0.1) is 0 Å². The molecule has 164 valence electrons. The first-order valence-electron chi connectivity index (χ1n) is 10.3. The summed E-state index contributed by atoms with van der Waals surface area (Å²) in [5.41, 5.74) is 7.50. The van der Waals surface area contributed by atoms with E-state index in [0.29, 0.717) is 23.4 Å². The van der Waals surface area contributed by atoms with Gasteiger partial charge in [0.1, 0.15) is 0 Å². The maximum Gasteiger partial charge on any atom is 0.246 e. The number of rotatable bonds is 10. The number of nitrogens with one attached hydrogen (secondary N) is 2. The molecule has 0 bridgehead atoms. The van der Waals surface area contributed by atoms with E-state index in [1.165, 1.54) is 4.90 Å². The first kappa shape index (κ1) is 23.8. The molecule has 7 nitrogen and oxygen atoms in total. The van der Waals surface area contributed by atoms with Crippen molar-refractivity contribution in [2.75, 3.05) is 18.5 Å². The molecule has 0 aliphatic heterocycles. The second-order valence-electron chi connectivity index (χ2n) is 7.93. The quantitative estimate of drug-likeness (QED) is 0.511. The Bertz CT molecular complexity index is 941. The van der Waals surface area contributed by atoms with E-state index in [4.69, 9.17) is 11.1 Å². The normalized spacial score (nSPS) is 11.6. The number of hydrogen-bond donors (Lipinski definition) is 3. The molecule has 1 atom stereocenters. The van der Waals surface area contributed by atoms with Crippen LogP contribution in [0.25, 0.3) is 0 Å². The maximum absolute atomic E-state index is 12.8. The van der Waals surface area contributed by atoms with Crippen LogP contribution in [-0.4, -0.2) is 37.0 Å². The summed E-state index contributed by atoms with van der Waals surface area (Å²) in [6.07, 6.45) is 0.459. The number of primary amides is 1. The van der Waals surface area contributed by atoms with E-state index in [9.17, 15) is 14.4 Å².